The lowest BCUT2D eigenvalue weighted by Gasteiger charge is -2.07. The molecular formula is C22H26N8S. The zero-order valence-electron chi connectivity index (χ0n) is 17.9. The molecule has 2 N–H and O–H groups in total. The molecule has 0 aliphatic heterocycles. The SMILES string of the molecule is CCn1ncc(Cn2cc(NC(=S)Nc3cnn(Cc4cccc(C)c4)c3)cn2)c1C. The number of nitrogens with zero attached hydrogens (tertiary/aromatic N) is 6. The zero-order chi connectivity index (χ0) is 21.8. The van der Waals surface area contributed by atoms with Crippen LogP contribution in [-0.4, -0.2) is 34.5 Å². The van der Waals surface area contributed by atoms with Gasteiger partial charge in [-0.25, -0.2) is 0 Å². The fourth-order valence-corrected chi connectivity index (χ4v) is 3.69. The number of hydrogen-bond donors (Lipinski definition) is 2. The first-order valence-corrected chi connectivity index (χ1v) is 10.6. The monoisotopic (exact) mass is 434 g/mol. The first-order valence-electron chi connectivity index (χ1n) is 10.2. The van der Waals surface area contributed by atoms with E-state index in [1.165, 1.54) is 11.1 Å². The van der Waals surface area contributed by atoms with Crippen LogP contribution in [0, 0.1) is 13.8 Å². The van der Waals surface area contributed by atoms with E-state index in [2.05, 4.69) is 71.0 Å². The van der Waals surface area contributed by atoms with Crippen molar-refractivity contribution in [3.63, 3.8) is 0 Å². The van der Waals surface area contributed by atoms with Crippen LogP contribution in [-0.2, 0) is 19.6 Å². The zero-order valence-corrected chi connectivity index (χ0v) is 18.7. The Morgan fingerprint density at radius 3 is 2.23 bits per heavy atom. The summed E-state index contributed by atoms with van der Waals surface area (Å²) in [6, 6.07) is 8.41. The predicted octanol–water partition coefficient (Wildman–Crippen LogP) is 3.82. The largest absolute Gasteiger partial charge is 0.330 e. The van der Waals surface area contributed by atoms with Gasteiger partial charge in [0.15, 0.2) is 5.11 Å². The number of aromatic nitrogens is 6. The van der Waals surface area contributed by atoms with E-state index in [1.54, 1.807) is 12.4 Å². The summed E-state index contributed by atoms with van der Waals surface area (Å²) < 4.78 is 5.74. The standard InChI is InChI=1S/C22H26N8S/c1-4-30-17(3)19(9-25-30)13-29-15-21(11-24-29)27-22(31)26-20-10-23-28(14-20)12-18-7-5-6-16(2)8-18/h5-11,14-15H,4,12-13H2,1-3H3,(H2,26,27,31). The molecule has 9 heteroatoms. The van der Waals surface area contributed by atoms with Crippen LogP contribution >= 0.6 is 12.2 Å². The Kier molecular flexibility index (Phi) is 6.13. The third-order valence-corrected chi connectivity index (χ3v) is 5.25. The van der Waals surface area contributed by atoms with Crippen molar-refractivity contribution in [2.75, 3.05) is 10.6 Å². The first-order chi connectivity index (χ1) is 15.0. The van der Waals surface area contributed by atoms with Crippen molar-refractivity contribution in [3.05, 3.63) is 77.6 Å². The minimum atomic E-state index is 0.490. The number of anilines is 2. The summed E-state index contributed by atoms with van der Waals surface area (Å²) in [5, 5.41) is 20.1. The molecule has 0 amide bonds. The second-order valence-corrected chi connectivity index (χ2v) is 7.90. The van der Waals surface area contributed by atoms with Crippen molar-refractivity contribution in [2.24, 2.45) is 0 Å². The number of aryl methyl sites for hydroxylation is 2. The van der Waals surface area contributed by atoms with Gasteiger partial charge in [-0.15, -0.1) is 0 Å². The average Bonchev–Trinajstić information content (AvgIpc) is 3.44. The number of thiocarbonyl (C=S) groups is 1. The highest BCUT2D eigenvalue weighted by Gasteiger charge is 2.08. The van der Waals surface area contributed by atoms with E-state index in [0.717, 1.165) is 29.2 Å². The topological polar surface area (TPSA) is 77.5 Å². The van der Waals surface area contributed by atoms with Crippen LogP contribution in [0.2, 0.25) is 0 Å². The normalized spacial score (nSPS) is 10.9. The van der Waals surface area contributed by atoms with Crippen LogP contribution in [0.25, 0.3) is 0 Å². The maximum Gasteiger partial charge on any atom is 0.175 e. The van der Waals surface area contributed by atoms with Crippen LogP contribution in [0.1, 0.15) is 29.3 Å². The maximum absolute atomic E-state index is 5.44. The molecule has 4 rings (SSSR count). The van der Waals surface area contributed by atoms with Crippen LogP contribution in [0.4, 0.5) is 11.4 Å². The lowest BCUT2D eigenvalue weighted by molar-refractivity contribution is 0.633. The smallest absolute Gasteiger partial charge is 0.175 e. The molecule has 0 aliphatic carbocycles. The Labute approximate surface area is 186 Å². The van der Waals surface area contributed by atoms with E-state index in [4.69, 9.17) is 12.2 Å². The molecule has 0 fully saturated rings. The van der Waals surface area contributed by atoms with Crippen LogP contribution in [0.3, 0.4) is 0 Å². The Morgan fingerprint density at radius 2 is 1.61 bits per heavy atom. The van der Waals surface area contributed by atoms with Gasteiger partial charge in [0.25, 0.3) is 0 Å². The van der Waals surface area contributed by atoms with Crippen molar-refractivity contribution >= 4 is 28.7 Å². The van der Waals surface area contributed by atoms with Crippen LogP contribution in [0.5, 0.6) is 0 Å². The lowest BCUT2D eigenvalue weighted by atomic mass is 10.1. The van der Waals surface area contributed by atoms with E-state index in [9.17, 15) is 0 Å². The molecule has 0 atom stereocenters. The molecule has 0 spiro atoms. The third kappa shape index (κ3) is 5.18. The van der Waals surface area contributed by atoms with Gasteiger partial charge in [-0.1, -0.05) is 29.8 Å². The number of nitrogens with one attached hydrogen (secondary N) is 2. The van der Waals surface area contributed by atoms with E-state index in [1.807, 2.05) is 32.6 Å². The van der Waals surface area contributed by atoms with Gasteiger partial charge in [-0.2, -0.15) is 15.3 Å². The van der Waals surface area contributed by atoms with E-state index in [-0.39, 0.29) is 0 Å². The van der Waals surface area contributed by atoms with Gasteiger partial charge in [0.1, 0.15) is 0 Å². The average molecular weight is 435 g/mol. The molecule has 3 heterocycles. The third-order valence-electron chi connectivity index (χ3n) is 5.05. The van der Waals surface area contributed by atoms with Gasteiger partial charge in [0.05, 0.1) is 43.1 Å². The van der Waals surface area contributed by atoms with Crippen LogP contribution < -0.4 is 10.6 Å². The molecule has 0 saturated heterocycles. The second-order valence-electron chi connectivity index (χ2n) is 7.49. The Morgan fingerprint density at radius 1 is 0.935 bits per heavy atom. The molecule has 3 aromatic heterocycles. The lowest BCUT2D eigenvalue weighted by Crippen LogP contribution is -2.18. The van der Waals surface area contributed by atoms with Crippen molar-refractivity contribution in [2.45, 2.75) is 40.4 Å². The molecule has 160 valence electrons. The maximum atomic E-state index is 5.44. The predicted molar refractivity (Wildman–Crippen MR) is 126 cm³/mol. The summed E-state index contributed by atoms with van der Waals surface area (Å²) in [6.45, 7) is 8.49. The molecule has 8 nitrogen and oxygen atoms in total. The number of benzene rings is 1. The fourth-order valence-electron chi connectivity index (χ4n) is 3.45. The van der Waals surface area contributed by atoms with E-state index < -0.39 is 0 Å². The highest BCUT2D eigenvalue weighted by molar-refractivity contribution is 7.80. The molecule has 4 aromatic rings. The van der Waals surface area contributed by atoms with Gasteiger partial charge >= 0.3 is 0 Å². The molecule has 0 bridgehead atoms. The quantitative estimate of drug-likeness (QED) is 0.431. The summed E-state index contributed by atoms with van der Waals surface area (Å²) in [4.78, 5) is 0. The molecule has 0 saturated carbocycles. The van der Waals surface area contributed by atoms with Crippen molar-refractivity contribution in [1.29, 1.82) is 0 Å². The Hall–Kier alpha value is -3.46. The van der Waals surface area contributed by atoms with Crippen LogP contribution in [0.15, 0.2) is 55.2 Å². The molecule has 0 aliphatic rings. The molecule has 31 heavy (non-hydrogen) atoms. The molecule has 0 radical (unpaired) electrons. The Bertz CT molecular complexity index is 1190. The molecular weight excluding hydrogens is 408 g/mol. The summed E-state index contributed by atoms with van der Waals surface area (Å²) in [5.41, 5.74) is 6.42. The summed E-state index contributed by atoms with van der Waals surface area (Å²) in [5.74, 6) is 0. The molecule has 0 unspecified atom stereocenters. The number of hydrogen-bond acceptors (Lipinski definition) is 4. The minimum absolute atomic E-state index is 0.490. The van der Waals surface area contributed by atoms with Gasteiger partial charge < -0.3 is 10.6 Å². The van der Waals surface area contributed by atoms with E-state index >= 15 is 0 Å². The van der Waals surface area contributed by atoms with Gasteiger partial charge in [0, 0.05) is 30.2 Å². The van der Waals surface area contributed by atoms with Crippen molar-refractivity contribution in [1.82, 2.24) is 29.3 Å². The highest BCUT2D eigenvalue weighted by Crippen LogP contribution is 2.13. The molecule has 1 aromatic carbocycles. The van der Waals surface area contributed by atoms with Gasteiger partial charge in [-0.05, 0) is 38.6 Å². The van der Waals surface area contributed by atoms with E-state index in [0.29, 0.717) is 18.2 Å². The fraction of sp³-hybridized carbons (Fsp3) is 0.273. The highest BCUT2D eigenvalue weighted by atomic mass is 32.1. The number of rotatable bonds is 7. The summed E-state index contributed by atoms with van der Waals surface area (Å²) >= 11 is 5.44. The first kappa shape index (κ1) is 20.8. The second kappa shape index (κ2) is 9.13. The summed E-state index contributed by atoms with van der Waals surface area (Å²) in [7, 11) is 0. The van der Waals surface area contributed by atoms with Crippen molar-refractivity contribution < 1.29 is 0 Å². The van der Waals surface area contributed by atoms with Crippen molar-refractivity contribution in [3.8, 4) is 0 Å². The minimum Gasteiger partial charge on any atom is -0.330 e. The summed E-state index contributed by atoms with van der Waals surface area (Å²) in [6.07, 6.45) is 9.29. The Balaban J connectivity index is 1.32. The van der Waals surface area contributed by atoms with Gasteiger partial charge in [0.2, 0.25) is 0 Å². The van der Waals surface area contributed by atoms with Gasteiger partial charge in [-0.3, -0.25) is 14.0 Å².